The van der Waals surface area contributed by atoms with Gasteiger partial charge >= 0.3 is 0 Å². The lowest BCUT2D eigenvalue weighted by Crippen LogP contribution is -2.26. The average Bonchev–Trinajstić information content (AvgIpc) is 3.26. The van der Waals surface area contributed by atoms with E-state index in [1.807, 2.05) is 24.3 Å². The first kappa shape index (κ1) is 23.6. The van der Waals surface area contributed by atoms with Crippen molar-refractivity contribution < 1.29 is 5.11 Å². The van der Waals surface area contributed by atoms with Crippen LogP contribution in [0.4, 0.5) is 0 Å². The van der Waals surface area contributed by atoms with Crippen molar-refractivity contribution in [3.63, 3.8) is 0 Å². The van der Waals surface area contributed by atoms with E-state index < -0.39 is 5.60 Å². The highest BCUT2D eigenvalue weighted by atomic mass is 16.3. The van der Waals surface area contributed by atoms with Crippen molar-refractivity contribution in [2.45, 2.75) is 24.9 Å². The van der Waals surface area contributed by atoms with Crippen LogP contribution in [0.25, 0.3) is 33.0 Å². The van der Waals surface area contributed by atoms with Crippen LogP contribution < -0.4 is 0 Å². The average molecular weight is 503 g/mol. The van der Waals surface area contributed by atoms with Crippen molar-refractivity contribution in [3.05, 3.63) is 167 Å². The van der Waals surface area contributed by atoms with Gasteiger partial charge in [-0.05, 0) is 55.8 Å². The summed E-state index contributed by atoms with van der Waals surface area (Å²) in [5.74, 6) is 0. The third-order valence-electron chi connectivity index (χ3n) is 8.59. The molecule has 7 rings (SSSR count). The zero-order valence-corrected chi connectivity index (χ0v) is 22.2. The Hall–Kier alpha value is -4.46. The normalized spacial score (nSPS) is 13.7. The molecule has 0 aliphatic heterocycles. The summed E-state index contributed by atoms with van der Waals surface area (Å²) < 4.78 is 0. The standard InChI is InChI=1S/C38H30O/c1-37(2,34-17-9-6-14-31(34)26-12-4-3-5-13-26)29-22-20-28-25-30(23-21-27(28)24-29)38(39)35-18-10-7-15-32(35)33-16-8-11-19-36(33)38/h3-25,39H,1-2H3. The molecular formula is C38H30O. The fourth-order valence-electron chi connectivity index (χ4n) is 6.44. The topological polar surface area (TPSA) is 20.2 Å². The Balaban J connectivity index is 1.33. The number of hydrogen-bond donors (Lipinski definition) is 1. The minimum Gasteiger partial charge on any atom is -0.376 e. The molecule has 0 radical (unpaired) electrons. The highest BCUT2D eigenvalue weighted by Crippen LogP contribution is 2.51. The Bertz CT molecular complexity index is 1800. The molecule has 188 valence electrons. The van der Waals surface area contributed by atoms with Crippen LogP contribution in [-0.4, -0.2) is 5.11 Å². The van der Waals surface area contributed by atoms with Gasteiger partial charge in [0.25, 0.3) is 0 Å². The number of fused-ring (bicyclic) bond motifs is 4. The predicted octanol–water partition coefficient (Wildman–Crippen LogP) is 9.10. The summed E-state index contributed by atoms with van der Waals surface area (Å²) in [5.41, 5.74) is 8.69. The van der Waals surface area contributed by atoms with Gasteiger partial charge in [-0.3, -0.25) is 0 Å². The van der Waals surface area contributed by atoms with Gasteiger partial charge in [0.15, 0.2) is 0 Å². The molecule has 0 bridgehead atoms. The molecule has 0 heterocycles. The Labute approximate surface area is 230 Å². The molecule has 1 aliphatic carbocycles. The van der Waals surface area contributed by atoms with E-state index >= 15 is 0 Å². The van der Waals surface area contributed by atoms with E-state index in [4.69, 9.17) is 0 Å². The van der Waals surface area contributed by atoms with Gasteiger partial charge in [-0.1, -0.05) is 147 Å². The third-order valence-corrected chi connectivity index (χ3v) is 8.59. The van der Waals surface area contributed by atoms with Crippen molar-refractivity contribution in [1.29, 1.82) is 0 Å². The third kappa shape index (κ3) is 3.58. The molecule has 0 amide bonds. The molecule has 0 saturated heterocycles. The fraction of sp³-hybridized carbons (Fsp3) is 0.105. The molecular weight excluding hydrogens is 472 g/mol. The van der Waals surface area contributed by atoms with E-state index in [1.165, 1.54) is 27.6 Å². The Morgan fingerprint density at radius 3 is 1.74 bits per heavy atom. The molecule has 39 heavy (non-hydrogen) atoms. The molecule has 1 aliphatic rings. The van der Waals surface area contributed by atoms with Crippen LogP contribution in [0.5, 0.6) is 0 Å². The van der Waals surface area contributed by atoms with Crippen LogP contribution in [0.2, 0.25) is 0 Å². The van der Waals surface area contributed by atoms with Crippen molar-refractivity contribution in [2.24, 2.45) is 0 Å². The second kappa shape index (κ2) is 8.80. The van der Waals surface area contributed by atoms with Gasteiger partial charge in [0.1, 0.15) is 5.60 Å². The van der Waals surface area contributed by atoms with Crippen LogP contribution in [0.1, 0.15) is 41.7 Å². The Morgan fingerprint density at radius 1 is 0.513 bits per heavy atom. The quantitative estimate of drug-likeness (QED) is 0.255. The number of benzene rings is 6. The highest BCUT2D eigenvalue weighted by molar-refractivity contribution is 5.87. The van der Waals surface area contributed by atoms with E-state index in [0.29, 0.717) is 0 Å². The van der Waals surface area contributed by atoms with Crippen LogP contribution in [0.3, 0.4) is 0 Å². The lowest BCUT2D eigenvalue weighted by molar-refractivity contribution is 0.131. The highest BCUT2D eigenvalue weighted by Gasteiger charge is 2.42. The van der Waals surface area contributed by atoms with Crippen molar-refractivity contribution in [3.8, 4) is 22.3 Å². The molecule has 0 atom stereocenters. The summed E-state index contributed by atoms with van der Waals surface area (Å²) in [6.07, 6.45) is 0. The smallest absolute Gasteiger partial charge is 0.141 e. The SMILES string of the molecule is CC(C)(c1ccc2cc(C3(O)c4ccccc4-c4ccccc43)ccc2c1)c1ccccc1-c1ccccc1. The molecule has 0 fully saturated rings. The maximum atomic E-state index is 12.3. The lowest BCUT2D eigenvalue weighted by Gasteiger charge is -2.30. The first-order valence-electron chi connectivity index (χ1n) is 13.6. The van der Waals surface area contributed by atoms with Crippen molar-refractivity contribution >= 4 is 10.8 Å². The van der Waals surface area contributed by atoms with Crippen LogP contribution >= 0.6 is 0 Å². The second-order valence-corrected chi connectivity index (χ2v) is 11.1. The van der Waals surface area contributed by atoms with Gasteiger partial charge in [-0.2, -0.15) is 0 Å². The molecule has 6 aromatic rings. The lowest BCUT2D eigenvalue weighted by atomic mass is 9.74. The first-order valence-corrected chi connectivity index (χ1v) is 13.6. The van der Waals surface area contributed by atoms with Crippen LogP contribution in [0.15, 0.2) is 140 Å². The van der Waals surface area contributed by atoms with Gasteiger partial charge in [-0.15, -0.1) is 0 Å². The summed E-state index contributed by atoms with van der Waals surface area (Å²) in [4.78, 5) is 0. The van der Waals surface area contributed by atoms with E-state index in [1.54, 1.807) is 0 Å². The molecule has 0 aromatic heterocycles. The van der Waals surface area contributed by atoms with Gasteiger partial charge < -0.3 is 5.11 Å². The van der Waals surface area contributed by atoms with Crippen molar-refractivity contribution in [1.82, 2.24) is 0 Å². The largest absolute Gasteiger partial charge is 0.376 e. The Kier molecular flexibility index (Phi) is 5.33. The zero-order chi connectivity index (χ0) is 26.6. The second-order valence-electron chi connectivity index (χ2n) is 11.1. The van der Waals surface area contributed by atoms with Gasteiger partial charge in [0.2, 0.25) is 0 Å². The van der Waals surface area contributed by atoms with E-state index in [-0.39, 0.29) is 5.41 Å². The van der Waals surface area contributed by atoms with Crippen molar-refractivity contribution in [2.75, 3.05) is 0 Å². The number of aliphatic hydroxyl groups is 1. The summed E-state index contributed by atoms with van der Waals surface area (Å²) in [7, 11) is 0. The van der Waals surface area contributed by atoms with Gasteiger partial charge in [-0.25, -0.2) is 0 Å². The summed E-state index contributed by atoms with van der Waals surface area (Å²) in [6, 6.07) is 48.9. The number of rotatable bonds is 4. The zero-order valence-electron chi connectivity index (χ0n) is 22.2. The van der Waals surface area contributed by atoms with E-state index in [9.17, 15) is 5.11 Å². The summed E-state index contributed by atoms with van der Waals surface area (Å²) in [5, 5.41) is 14.6. The van der Waals surface area contributed by atoms with Crippen LogP contribution in [-0.2, 0) is 11.0 Å². The Morgan fingerprint density at radius 2 is 1.05 bits per heavy atom. The maximum Gasteiger partial charge on any atom is 0.141 e. The first-order chi connectivity index (χ1) is 19.0. The molecule has 1 heteroatoms. The molecule has 1 N–H and O–H groups in total. The maximum absolute atomic E-state index is 12.3. The van der Waals surface area contributed by atoms with E-state index in [0.717, 1.165) is 33.2 Å². The van der Waals surface area contributed by atoms with Crippen LogP contribution in [0, 0.1) is 0 Å². The predicted molar refractivity (Wildman–Crippen MR) is 162 cm³/mol. The molecule has 0 spiro atoms. The van der Waals surface area contributed by atoms with Gasteiger partial charge in [0.05, 0.1) is 0 Å². The minimum atomic E-state index is -1.17. The minimum absolute atomic E-state index is 0.194. The molecule has 6 aromatic carbocycles. The monoisotopic (exact) mass is 502 g/mol. The fourth-order valence-corrected chi connectivity index (χ4v) is 6.44. The molecule has 0 saturated carbocycles. The van der Waals surface area contributed by atoms with E-state index in [2.05, 4.69) is 129 Å². The summed E-state index contributed by atoms with van der Waals surface area (Å²) in [6.45, 7) is 4.61. The van der Waals surface area contributed by atoms with Gasteiger partial charge in [0, 0.05) is 16.5 Å². The number of hydrogen-bond acceptors (Lipinski definition) is 1. The molecule has 0 unspecified atom stereocenters. The summed E-state index contributed by atoms with van der Waals surface area (Å²) >= 11 is 0. The molecule has 1 nitrogen and oxygen atoms in total.